The van der Waals surface area contributed by atoms with E-state index in [-0.39, 0.29) is 11.0 Å². The topological polar surface area (TPSA) is 70.2 Å². The van der Waals surface area contributed by atoms with Gasteiger partial charge in [0.25, 0.3) is 0 Å². The van der Waals surface area contributed by atoms with Crippen LogP contribution in [-0.4, -0.2) is 32.9 Å². The van der Waals surface area contributed by atoms with E-state index < -0.39 is 0 Å². The van der Waals surface area contributed by atoms with Gasteiger partial charge in [0, 0.05) is 12.6 Å². The number of aromatic nitrogens is 3. The molecule has 2 aromatic heterocycles. The van der Waals surface area contributed by atoms with Crippen molar-refractivity contribution in [2.24, 2.45) is 7.05 Å². The summed E-state index contributed by atoms with van der Waals surface area (Å²) in [6.45, 7) is 1.86. The number of rotatable bonds is 6. The van der Waals surface area contributed by atoms with E-state index in [1.807, 2.05) is 24.6 Å². The first-order valence-electron chi connectivity index (χ1n) is 7.38. The molecule has 0 amide bonds. The number of methoxy groups -OCH3 is 1. The summed E-state index contributed by atoms with van der Waals surface area (Å²) >= 11 is 1.37. The molecule has 124 valence electrons. The maximum absolute atomic E-state index is 12.6. The second-order valence-corrected chi connectivity index (χ2v) is 6.50. The molecule has 0 fully saturated rings. The van der Waals surface area contributed by atoms with Crippen molar-refractivity contribution in [3.8, 4) is 17.3 Å². The van der Waals surface area contributed by atoms with Gasteiger partial charge in [0.05, 0.1) is 18.6 Å². The highest BCUT2D eigenvalue weighted by atomic mass is 32.2. The number of ether oxygens (including phenoxy) is 1. The molecule has 0 bridgehead atoms. The van der Waals surface area contributed by atoms with E-state index in [1.54, 1.807) is 43.7 Å². The molecule has 0 aliphatic carbocycles. The van der Waals surface area contributed by atoms with Crippen molar-refractivity contribution >= 4 is 17.5 Å². The van der Waals surface area contributed by atoms with Crippen LogP contribution in [-0.2, 0) is 7.05 Å². The van der Waals surface area contributed by atoms with Crippen LogP contribution in [0, 0.1) is 0 Å². The summed E-state index contributed by atoms with van der Waals surface area (Å²) in [6.07, 6.45) is 1.59. The SMILES string of the molecule is COc1ccc(C(=O)[C@H](C)Sc2nnc(-c3ccco3)n2C)cc1. The molecule has 24 heavy (non-hydrogen) atoms. The van der Waals surface area contributed by atoms with E-state index >= 15 is 0 Å². The van der Waals surface area contributed by atoms with Crippen molar-refractivity contribution in [3.05, 3.63) is 48.2 Å². The largest absolute Gasteiger partial charge is 0.497 e. The van der Waals surface area contributed by atoms with Gasteiger partial charge in [-0.2, -0.15) is 0 Å². The molecule has 1 aromatic carbocycles. The molecule has 0 radical (unpaired) electrons. The number of furan rings is 1. The number of nitrogens with zero attached hydrogens (tertiary/aromatic N) is 3. The van der Waals surface area contributed by atoms with Crippen LogP contribution in [0.2, 0.25) is 0 Å². The number of carbonyl (C=O) groups is 1. The third kappa shape index (κ3) is 3.21. The van der Waals surface area contributed by atoms with Gasteiger partial charge in [-0.3, -0.25) is 4.79 Å². The van der Waals surface area contributed by atoms with Crippen LogP contribution in [0.1, 0.15) is 17.3 Å². The molecule has 0 spiro atoms. The fourth-order valence-electron chi connectivity index (χ4n) is 2.24. The lowest BCUT2D eigenvalue weighted by Crippen LogP contribution is -2.14. The molecule has 0 saturated heterocycles. The second-order valence-electron chi connectivity index (χ2n) is 5.20. The van der Waals surface area contributed by atoms with E-state index in [9.17, 15) is 4.79 Å². The summed E-state index contributed by atoms with van der Waals surface area (Å²) in [7, 11) is 3.45. The Labute approximate surface area is 143 Å². The van der Waals surface area contributed by atoms with E-state index in [4.69, 9.17) is 9.15 Å². The average Bonchev–Trinajstić information content (AvgIpc) is 3.25. The Kier molecular flexibility index (Phi) is 4.71. The summed E-state index contributed by atoms with van der Waals surface area (Å²) in [6, 6.07) is 10.7. The zero-order valence-corrected chi connectivity index (χ0v) is 14.4. The minimum Gasteiger partial charge on any atom is -0.497 e. The molecule has 0 aliphatic heterocycles. The number of thioether (sulfide) groups is 1. The third-order valence-corrected chi connectivity index (χ3v) is 4.74. The minimum absolute atomic E-state index is 0.0326. The Morgan fingerprint density at radius 3 is 2.62 bits per heavy atom. The molecular weight excluding hydrogens is 326 g/mol. The highest BCUT2D eigenvalue weighted by Gasteiger charge is 2.21. The van der Waals surface area contributed by atoms with Crippen LogP contribution < -0.4 is 4.74 Å². The smallest absolute Gasteiger partial charge is 0.200 e. The van der Waals surface area contributed by atoms with Crippen molar-refractivity contribution in [3.63, 3.8) is 0 Å². The Morgan fingerprint density at radius 2 is 2.00 bits per heavy atom. The molecule has 1 atom stereocenters. The van der Waals surface area contributed by atoms with Crippen molar-refractivity contribution in [1.82, 2.24) is 14.8 Å². The molecule has 0 aliphatic rings. The molecule has 2 heterocycles. The number of hydrogen-bond acceptors (Lipinski definition) is 6. The number of Topliss-reactive ketones (excluding diaryl/α,β-unsaturated/α-hetero) is 1. The standard InChI is InChI=1S/C17H17N3O3S/c1-11(15(21)12-6-8-13(22-3)9-7-12)24-17-19-18-16(20(17)2)14-5-4-10-23-14/h4-11H,1-3H3/t11-/m0/s1. The predicted octanol–water partition coefficient (Wildman–Crippen LogP) is 3.45. The lowest BCUT2D eigenvalue weighted by molar-refractivity contribution is 0.0994. The van der Waals surface area contributed by atoms with Gasteiger partial charge >= 0.3 is 0 Å². The minimum atomic E-state index is -0.286. The first-order chi connectivity index (χ1) is 11.6. The Hall–Kier alpha value is -2.54. The van der Waals surface area contributed by atoms with Crippen molar-refractivity contribution in [2.75, 3.05) is 7.11 Å². The highest BCUT2D eigenvalue weighted by Crippen LogP contribution is 2.27. The molecule has 3 aromatic rings. The fraction of sp³-hybridized carbons (Fsp3) is 0.235. The van der Waals surface area contributed by atoms with Crippen LogP contribution in [0.25, 0.3) is 11.6 Å². The van der Waals surface area contributed by atoms with E-state index in [2.05, 4.69) is 10.2 Å². The van der Waals surface area contributed by atoms with Gasteiger partial charge in [-0.1, -0.05) is 11.8 Å². The summed E-state index contributed by atoms with van der Waals surface area (Å²) < 4.78 is 12.3. The van der Waals surface area contributed by atoms with Crippen LogP contribution >= 0.6 is 11.8 Å². The van der Waals surface area contributed by atoms with Crippen LogP contribution in [0.3, 0.4) is 0 Å². The zero-order valence-electron chi connectivity index (χ0n) is 13.6. The van der Waals surface area contributed by atoms with Crippen molar-refractivity contribution in [1.29, 1.82) is 0 Å². The molecular formula is C17H17N3O3S. The Bertz CT molecular complexity index is 825. The lowest BCUT2D eigenvalue weighted by atomic mass is 10.1. The van der Waals surface area contributed by atoms with Gasteiger partial charge in [0.1, 0.15) is 5.75 Å². The molecule has 7 heteroatoms. The molecule has 6 nitrogen and oxygen atoms in total. The first kappa shape index (κ1) is 16.3. The van der Waals surface area contributed by atoms with Gasteiger partial charge in [-0.25, -0.2) is 0 Å². The third-order valence-electron chi connectivity index (χ3n) is 3.60. The van der Waals surface area contributed by atoms with Gasteiger partial charge in [0.15, 0.2) is 22.5 Å². The average molecular weight is 343 g/mol. The van der Waals surface area contributed by atoms with E-state index in [0.717, 1.165) is 5.75 Å². The van der Waals surface area contributed by atoms with Crippen LogP contribution in [0.4, 0.5) is 0 Å². The monoisotopic (exact) mass is 343 g/mol. The molecule has 0 N–H and O–H groups in total. The normalized spacial score (nSPS) is 12.1. The van der Waals surface area contributed by atoms with Gasteiger partial charge in [-0.05, 0) is 43.3 Å². The Balaban J connectivity index is 1.74. The van der Waals surface area contributed by atoms with Crippen LogP contribution in [0.15, 0.2) is 52.2 Å². The highest BCUT2D eigenvalue weighted by molar-refractivity contribution is 8.00. The second kappa shape index (κ2) is 6.92. The van der Waals surface area contributed by atoms with Crippen molar-refractivity contribution in [2.45, 2.75) is 17.3 Å². The molecule has 0 unspecified atom stereocenters. The first-order valence-corrected chi connectivity index (χ1v) is 8.26. The van der Waals surface area contributed by atoms with Gasteiger partial charge < -0.3 is 13.7 Å². The number of benzene rings is 1. The van der Waals surface area contributed by atoms with Gasteiger partial charge in [0.2, 0.25) is 0 Å². The predicted molar refractivity (Wildman–Crippen MR) is 91.3 cm³/mol. The fourth-order valence-corrected chi connectivity index (χ4v) is 3.13. The summed E-state index contributed by atoms with van der Waals surface area (Å²) in [4.78, 5) is 12.6. The quantitative estimate of drug-likeness (QED) is 0.504. The number of ketones is 1. The van der Waals surface area contributed by atoms with Crippen molar-refractivity contribution < 1.29 is 13.9 Å². The summed E-state index contributed by atoms with van der Waals surface area (Å²) in [5.41, 5.74) is 0.643. The lowest BCUT2D eigenvalue weighted by Gasteiger charge is -2.10. The van der Waals surface area contributed by atoms with E-state index in [0.29, 0.717) is 22.3 Å². The number of hydrogen-bond donors (Lipinski definition) is 0. The van der Waals surface area contributed by atoms with Crippen LogP contribution in [0.5, 0.6) is 5.75 Å². The molecule has 3 rings (SSSR count). The maximum atomic E-state index is 12.6. The zero-order chi connectivity index (χ0) is 17.1. The molecule has 0 saturated carbocycles. The Morgan fingerprint density at radius 1 is 1.25 bits per heavy atom. The van der Waals surface area contributed by atoms with Gasteiger partial charge in [-0.15, -0.1) is 10.2 Å². The summed E-state index contributed by atoms with van der Waals surface area (Å²) in [5, 5.41) is 8.67. The summed E-state index contributed by atoms with van der Waals surface area (Å²) in [5.74, 6) is 2.03. The maximum Gasteiger partial charge on any atom is 0.200 e. The van der Waals surface area contributed by atoms with E-state index in [1.165, 1.54) is 11.8 Å². The number of carbonyl (C=O) groups excluding carboxylic acids is 1.